The van der Waals surface area contributed by atoms with E-state index in [0.717, 1.165) is 25.2 Å². The van der Waals surface area contributed by atoms with E-state index in [4.69, 9.17) is 0 Å². The summed E-state index contributed by atoms with van der Waals surface area (Å²) in [7, 11) is 0. The van der Waals surface area contributed by atoms with Crippen molar-refractivity contribution in [2.45, 2.75) is 43.9 Å². The molecule has 1 aromatic heterocycles. The molecule has 3 aliphatic heterocycles. The van der Waals surface area contributed by atoms with Crippen LogP contribution in [0, 0.1) is 5.92 Å². The molecule has 0 spiro atoms. The predicted octanol–water partition coefficient (Wildman–Crippen LogP) is 1.31. The van der Waals surface area contributed by atoms with Crippen LogP contribution in [0.2, 0.25) is 0 Å². The number of rotatable bonds is 0. The molecule has 4 heteroatoms. The molecule has 0 amide bonds. The van der Waals surface area contributed by atoms with E-state index >= 15 is 0 Å². The molecule has 0 radical (unpaired) electrons. The Hall–Kier alpha value is -1.13. The number of nitrogens with zero attached hydrogens (tertiary/aromatic N) is 2. The van der Waals surface area contributed by atoms with E-state index in [0.29, 0.717) is 12.0 Å². The molecule has 19 heavy (non-hydrogen) atoms. The van der Waals surface area contributed by atoms with Crippen LogP contribution in [-0.2, 0) is 0 Å². The molecule has 0 aliphatic carbocycles. The first-order chi connectivity index (χ1) is 9.25. The lowest BCUT2D eigenvalue weighted by Crippen LogP contribution is -2.56. The quantitative estimate of drug-likeness (QED) is 0.765. The lowest BCUT2D eigenvalue weighted by molar-refractivity contribution is -0.0745. The highest BCUT2D eigenvalue weighted by Gasteiger charge is 2.45. The van der Waals surface area contributed by atoms with Crippen molar-refractivity contribution in [2.75, 3.05) is 13.1 Å². The number of hydrogen-bond donors (Lipinski definition) is 1. The fourth-order valence-corrected chi connectivity index (χ4v) is 4.43. The highest BCUT2D eigenvalue weighted by molar-refractivity contribution is 5.19. The summed E-state index contributed by atoms with van der Waals surface area (Å²) < 4.78 is 1.64. The topological polar surface area (TPSA) is 45.5 Å². The largest absolute Gasteiger partial charge is 0.373 e. The summed E-state index contributed by atoms with van der Waals surface area (Å²) in [6.45, 7) is 2.21. The van der Waals surface area contributed by atoms with Crippen molar-refractivity contribution in [3.8, 4) is 0 Å². The molecule has 0 aromatic carbocycles. The summed E-state index contributed by atoms with van der Waals surface area (Å²) >= 11 is 0. The van der Waals surface area contributed by atoms with Gasteiger partial charge in [0.1, 0.15) is 6.23 Å². The Morgan fingerprint density at radius 3 is 3.05 bits per heavy atom. The molecule has 4 heterocycles. The minimum atomic E-state index is -0.633. The molecular weight excluding hydrogens is 240 g/mol. The van der Waals surface area contributed by atoms with E-state index < -0.39 is 6.23 Å². The Balaban J connectivity index is 1.82. The maximum absolute atomic E-state index is 12.1. The Morgan fingerprint density at radius 1 is 1.26 bits per heavy atom. The molecule has 2 saturated heterocycles. The van der Waals surface area contributed by atoms with E-state index in [-0.39, 0.29) is 11.5 Å². The van der Waals surface area contributed by atoms with Crippen molar-refractivity contribution in [1.82, 2.24) is 9.47 Å². The van der Waals surface area contributed by atoms with Gasteiger partial charge in [0, 0.05) is 36.2 Å². The summed E-state index contributed by atoms with van der Waals surface area (Å²) in [5, 5.41) is 10.6. The van der Waals surface area contributed by atoms with Crippen LogP contribution >= 0.6 is 0 Å². The molecule has 4 rings (SSSR count). The van der Waals surface area contributed by atoms with Crippen molar-refractivity contribution in [2.24, 2.45) is 5.92 Å². The second-order valence-electron chi connectivity index (χ2n) is 6.23. The fourth-order valence-electron chi connectivity index (χ4n) is 4.43. The molecular formula is C15H20N2O2. The van der Waals surface area contributed by atoms with Gasteiger partial charge in [-0.3, -0.25) is 14.3 Å². The van der Waals surface area contributed by atoms with E-state index in [1.807, 2.05) is 12.1 Å². The van der Waals surface area contributed by atoms with Crippen LogP contribution in [0.4, 0.5) is 0 Å². The maximum Gasteiger partial charge on any atom is 0.252 e. The Labute approximate surface area is 112 Å². The number of piperidine rings is 2. The SMILES string of the molecule is O=c1cccc2n1C(O)[C@@H]1C[C@H]2CN2CCCC[C@H]12. The van der Waals surface area contributed by atoms with Crippen LogP contribution < -0.4 is 5.56 Å². The van der Waals surface area contributed by atoms with Crippen LogP contribution in [0.1, 0.15) is 43.5 Å². The molecule has 0 saturated carbocycles. The molecule has 2 bridgehead atoms. The van der Waals surface area contributed by atoms with Crippen LogP contribution in [0.25, 0.3) is 0 Å². The summed E-state index contributed by atoms with van der Waals surface area (Å²) in [6.07, 6.45) is 4.10. The van der Waals surface area contributed by atoms with E-state index in [9.17, 15) is 9.90 Å². The molecule has 3 aliphatic rings. The average Bonchev–Trinajstić information content (AvgIpc) is 2.44. The molecule has 1 N–H and O–H groups in total. The number of pyridine rings is 1. The number of fused-ring (bicyclic) bond motifs is 6. The monoisotopic (exact) mass is 260 g/mol. The van der Waals surface area contributed by atoms with Gasteiger partial charge in [-0.05, 0) is 31.9 Å². The van der Waals surface area contributed by atoms with Crippen molar-refractivity contribution >= 4 is 0 Å². The zero-order chi connectivity index (χ0) is 13.0. The molecule has 2 fully saturated rings. The third kappa shape index (κ3) is 1.63. The molecule has 1 aromatic rings. The van der Waals surface area contributed by atoms with Crippen LogP contribution in [0.15, 0.2) is 23.0 Å². The van der Waals surface area contributed by atoms with Gasteiger partial charge >= 0.3 is 0 Å². The smallest absolute Gasteiger partial charge is 0.252 e. The standard InChI is InChI=1S/C15H20N2O2/c18-14-6-3-5-12-10-8-11(15(19)17(12)14)13-4-1-2-7-16(13)9-10/h3,5-6,10-11,13,15,19H,1-2,4,7-9H2/t10-,11+,13+,15?/m0/s1. The van der Waals surface area contributed by atoms with Gasteiger partial charge in [0.2, 0.25) is 0 Å². The summed E-state index contributed by atoms with van der Waals surface area (Å²) in [5.41, 5.74) is 0.976. The minimum absolute atomic E-state index is 0.0519. The van der Waals surface area contributed by atoms with E-state index in [2.05, 4.69) is 4.90 Å². The molecule has 1 unspecified atom stereocenters. The van der Waals surface area contributed by atoms with E-state index in [1.165, 1.54) is 19.3 Å². The van der Waals surface area contributed by atoms with Crippen molar-refractivity contribution in [3.05, 3.63) is 34.2 Å². The zero-order valence-electron chi connectivity index (χ0n) is 11.0. The highest BCUT2D eigenvalue weighted by atomic mass is 16.3. The fraction of sp³-hybridized carbons (Fsp3) is 0.667. The second kappa shape index (κ2) is 4.18. The lowest BCUT2D eigenvalue weighted by atomic mass is 9.74. The average molecular weight is 260 g/mol. The maximum atomic E-state index is 12.1. The summed E-state index contributed by atoms with van der Waals surface area (Å²) in [5.74, 6) is 0.642. The Bertz CT molecular complexity index is 553. The summed E-state index contributed by atoms with van der Waals surface area (Å²) in [6, 6.07) is 5.87. The first-order valence-electron chi connectivity index (χ1n) is 7.39. The van der Waals surface area contributed by atoms with Crippen LogP contribution in [-0.4, -0.2) is 33.7 Å². The predicted molar refractivity (Wildman–Crippen MR) is 72.0 cm³/mol. The van der Waals surface area contributed by atoms with Crippen molar-refractivity contribution in [3.63, 3.8) is 0 Å². The second-order valence-corrected chi connectivity index (χ2v) is 6.23. The van der Waals surface area contributed by atoms with Crippen LogP contribution in [0.5, 0.6) is 0 Å². The first kappa shape index (κ1) is 11.7. The van der Waals surface area contributed by atoms with Gasteiger partial charge in [-0.25, -0.2) is 0 Å². The van der Waals surface area contributed by atoms with Gasteiger partial charge in [-0.1, -0.05) is 12.5 Å². The van der Waals surface area contributed by atoms with E-state index in [1.54, 1.807) is 10.6 Å². The number of aliphatic hydroxyl groups is 1. The van der Waals surface area contributed by atoms with Crippen molar-refractivity contribution in [1.29, 1.82) is 0 Å². The van der Waals surface area contributed by atoms with Gasteiger partial charge in [-0.2, -0.15) is 0 Å². The first-order valence-corrected chi connectivity index (χ1v) is 7.39. The van der Waals surface area contributed by atoms with Gasteiger partial charge in [0.25, 0.3) is 5.56 Å². The van der Waals surface area contributed by atoms with Gasteiger partial charge in [-0.15, -0.1) is 0 Å². The van der Waals surface area contributed by atoms with Crippen LogP contribution in [0.3, 0.4) is 0 Å². The van der Waals surface area contributed by atoms with Gasteiger partial charge < -0.3 is 5.11 Å². The number of aromatic nitrogens is 1. The third-order valence-electron chi connectivity index (χ3n) is 5.26. The summed E-state index contributed by atoms with van der Waals surface area (Å²) in [4.78, 5) is 14.6. The van der Waals surface area contributed by atoms with Gasteiger partial charge in [0.15, 0.2) is 0 Å². The Morgan fingerprint density at radius 2 is 2.16 bits per heavy atom. The normalized spacial score (nSPS) is 37.5. The number of aliphatic hydroxyl groups excluding tert-OH is 1. The molecule has 102 valence electrons. The Kier molecular flexibility index (Phi) is 2.57. The minimum Gasteiger partial charge on any atom is -0.373 e. The lowest BCUT2D eigenvalue weighted by Gasteiger charge is -2.52. The van der Waals surface area contributed by atoms with Gasteiger partial charge in [0.05, 0.1) is 0 Å². The number of hydrogen-bond acceptors (Lipinski definition) is 3. The zero-order valence-corrected chi connectivity index (χ0v) is 11.0. The molecule has 4 atom stereocenters. The highest BCUT2D eigenvalue weighted by Crippen LogP contribution is 2.45. The van der Waals surface area contributed by atoms with Crippen molar-refractivity contribution < 1.29 is 5.11 Å². The third-order valence-corrected chi connectivity index (χ3v) is 5.26. The molecule has 4 nitrogen and oxygen atoms in total.